The van der Waals surface area contributed by atoms with Crippen molar-refractivity contribution >= 4 is 50.7 Å². The number of rotatable bonds is 4. The van der Waals surface area contributed by atoms with E-state index in [1.165, 1.54) is 40.6 Å². The van der Waals surface area contributed by atoms with E-state index in [0.29, 0.717) is 22.2 Å². The van der Waals surface area contributed by atoms with Crippen molar-refractivity contribution in [1.29, 1.82) is 0 Å². The van der Waals surface area contributed by atoms with Gasteiger partial charge >= 0.3 is 10.8 Å². The average Bonchev–Trinajstić information content (AvgIpc) is 3.08. The summed E-state index contributed by atoms with van der Waals surface area (Å²) in [6.45, 7) is -0.210. The molecular weight excluding hydrogens is 486 g/mol. The highest BCUT2D eigenvalue weighted by molar-refractivity contribution is 7.99. The predicted octanol–water partition coefficient (Wildman–Crippen LogP) is 1.97. The van der Waals surface area contributed by atoms with E-state index in [1.54, 1.807) is 12.1 Å². The molecule has 0 spiro atoms. The van der Waals surface area contributed by atoms with Crippen LogP contribution in [0.4, 0.5) is 5.69 Å². The number of nitrogens with two attached hydrogens (primary N) is 1. The molecule has 0 fully saturated rings. The second kappa shape index (κ2) is 8.13. The summed E-state index contributed by atoms with van der Waals surface area (Å²) in [6.07, 6.45) is 0. The van der Waals surface area contributed by atoms with Gasteiger partial charge in [0.25, 0.3) is 0 Å². The molecule has 3 N–H and O–H groups in total. The van der Waals surface area contributed by atoms with Crippen molar-refractivity contribution in [3.63, 3.8) is 0 Å². The summed E-state index contributed by atoms with van der Waals surface area (Å²) in [6, 6.07) is 12.7. The average molecular weight is 504 g/mol. The maximum atomic E-state index is 12.8. The van der Waals surface area contributed by atoms with Crippen molar-refractivity contribution in [3.05, 3.63) is 68.6 Å². The third kappa shape index (κ3) is 3.99. The Labute approximate surface area is 196 Å². The number of fused-ring (bicyclic) bond motifs is 5. The van der Waals surface area contributed by atoms with Crippen LogP contribution < -0.4 is 20.1 Å². The molecule has 9 nitrogen and oxygen atoms in total. The summed E-state index contributed by atoms with van der Waals surface area (Å²) < 4.78 is 29.6. The van der Waals surface area contributed by atoms with E-state index in [-0.39, 0.29) is 28.2 Å². The Morgan fingerprint density at radius 2 is 1.88 bits per heavy atom. The molecule has 33 heavy (non-hydrogen) atoms. The zero-order valence-electron chi connectivity index (χ0n) is 16.9. The van der Waals surface area contributed by atoms with Gasteiger partial charge in [-0.2, -0.15) is 0 Å². The summed E-state index contributed by atoms with van der Waals surface area (Å²) in [4.78, 5) is 38.4. The van der Waals surface area contributed by atoms with Crippen LogP contribution in [-0.2, 0) is 26.2 Å². The van der Waals surface area contributed by atoms with Crippen LogP contribution in [0.3, 0.4) is 0 Å². The Hall–Kier alpha value is -2.93. The number of thiazole rings is 1. The highest BCUT2D eigenvalue weighted by Crippen LogP contribution is 2.50. The summed E-state index contributed by atoms with van der Waals surface area (Å²) in [5, 5.41) is 8.42. The van der Waals surface area contributed by atoms with Gasteiger partial charge in [0.1, 0.15) is 12.3 Å². The number of thioether (sulfide) groups is 1. The minimum atomic E-state index is -3.83. The Balaban J connectivity index is 1.42. The smallest absolute Gasteiger partial charge is 0.316 e. The normalized spacial score (nSPS) is 19.1. The Morgan fingerprint density at radius 1 is 1.15 bits per heavy atom. The molecular formula is C21H17N3O6S3. The maximum absolute atomic E-state index is 12.8. The Kier molecular flexibility index (Phi) is 5.40. The number of sulfonamides is 1. The molecule has 3 heterocycles. The van der Waals surface area contributed by atoms with Crippen LogP contribution in [0.25, 0.3) is 0 Å². The number of para-hydroxylation sites is 1. The van der Waals surface area contributed by atoms with Crippen molar-refractivity contribution < 1.29 is 22.7 Å². The van der Waals surface area contributed by atoms with E-state index in [9.17, 15) is 22.8 Å². The molecule has 0 bridgehead atoms. The molecule has 0 saturated carbocycles. The number of primary sulfonamides is 1. The first-order valence-corrected chi connectivity index (χ1v) is 13.2. The van der Waals surface area contributed by atoms with Crippen LogP contribution in [-0.4, -0.2) is 30.6 Å². The number of anilines is 1. The van der Waals surface area contributed by atoms with Crippen LogP contribution in [0.1, 0.15) is 16.4 Å². The summed E-state index contributed by atoms with van der Waals surface area (Å²) >= 11 is 2.40. The van der Waals surface area contributed by atoms with Gasteiger partial charge in [-0.1, -0.05) is 29.5 Å². The predicted molar refractivity (Wildman–Crippen MR) is 123 cm³/mol. The van der Waals surface area contributed by atoms with Gasteiger partial charge in [-0.25, -0.2) is 13.6 Å². The quantitative estimate of drug-likeness (QED) is 0.410. The summed E-state index contributed by atoms with van der Waals surface area (Å²) in [5.41, 5.74) is 1.23. The molecule has 2 aliphatic heterocycles. The number of amides is 1. The van der Waals surface area contributed by atoms with Crippen LogP contribution in [0.2, 0.25) is 0 Å². The van der Waals surface area contributed by atoms with Gasteiger partial charge in [0.15, 0.2) is 0 Å². The molecule has 2 aliphatic rings. The van der Waals surface area contributed by atoms with Crippen molar-refractivity contribution in [1.82, 2.24) is 4.57 Å². The highest BCUT2D eigenvalue weighted by atomic mass is 32.2. The minimum absolute atomic E-state index is 0.0686. The topological polar surface area (TPSA) is 138 Å². The number of esters is 1. The Morgan fingerprint density at radius 3 is 2.61 bits per heavy atom. The lowest BCUT2D eigenvalue weighted by molar-refractivity contribution is -0.140. The fourth-order valence-corrected chi connectivity index (χ4v) is 7.17. The van der Waals surface area contributed by atoms with Gasteiger partial charge in [0.05, 0.1) is 15.8 Å². The fourth-order valence-electron chi connectivity index (χ4n) is 3.99. The van der Waals surface area contributed by atoms with Crippen molar-refractivity contribution in [2.24, 2.45) is 11.1 Å². The standard InChI is InChI=1S/C21H17N3O6S3/c22-33(28,29)12-7-5-11(6-8-12)23-16(25)9-24-19-18(32-21(24)27)17-13-3-1-2-4-15(13)30-20(26)14(17)10-31-19/h1-8,14,17H,9-10H2,(H,23,25)(H2,22,28,29)/t14-,17+/m0/s1. The number of hydrogen-bond acceptors (Lipinski definition) is 8. The molecule has 0 unspecified atom stereocenters. The monoisotopic (exact) mass is 503 g/mol. The summed E-state index contributed by atoms with van der Waals surface area (Å²) in [7, 11) is -3.83. The van der Waals surface area contributed by atoms with Crippen molar-refractivity contribution in [3.8, 4) is 5.75 Å². The van der Waals surface area contributed by atoms with Crippen LogP contribution in [0.15, 0.2) is 63.2 Å². The maximum Gasteiger partial charge on any atom is 0.316 e. The van der Waals surface area contributed by atoms with E-state index in [0.717, 1.165) is 21.8 Å². The summed E-state index contributed by atoms with van der Waals surface area (Å²) in [5.74, 6) is -0.495. The fraction of sp³-hybridized carbons (Fsp3) is 0.190. The molecule has 2 aromatic carbocycles. The largest absolute Gasteiger partial charge is 0.426 e. The van der Waals surface area contributed by atoms with Crippen LogP contribution >= 0.6 is 23.1 Å². The van der Waals surface area contributed by atoms with E-state index in [1.807, 2.05) is 12.1 Å². The molecule has 1 aromatic heterocycles. The van der Waals surface area contributed by atoms with Gasteiger partial charge < -0.3 is 10.1 Å². The van der Waals surface area contributed by atoms with E-state index < -0.39 is 21.8 Å². The SMILES string of the molecule is NS(=O)(=O)c1ccc(NC(=O)Cn2c3c(sc2=O)[C@@H]2c4ccccc4OC(=O)[C@H]2CS3)cc1. The number of carbonyl (C=O) groups is 2. The molecule has 1 amide bonds. The number of nitrogens with one attached hydrogen (secondary N) is 1. The molecule has 3 aromatic rings. The van der Waals surface area contributed by atoms with Crippen LogP contribution in [0.5, 0.6) is 5.75 Å². The lowest BCUT2D eigenvalue weighted by atomic mass is 9.83. The van der Waals surface area contributed by atoms with E-state index in [2.05, 4.69) is 5.32 Å². The van der Waals surface area contributed by atoms with Gasteiger partial charge in [-0.3, -0.25) is 19.0 Å². The lowest BCUT2D eigenvalue weighted by Gasteiger charge is -2.34. The molecule has 0 saturated heterocycles. The number of aromatic nitrogens is 1. The molecule has 0 aliphatic carbocycles. The number of benzene rings is 2. The van der Waals surface area contributed by atoms with Gasteiger partial charge in [-0.05, 0) is 30.3 Å². The first-order chi connectivity index (χ1) is 15.7. The molecule has 2 atom stereocenters. The third-order valence-corrected chi connectivity index (χ3v) is 8.85. The number of hydrogen-bond donors (Lipinski definition) is 2. The number of carbonyl (C=O) groups excluding carboxylic acids is 2. The van der Waals surface area contributed by atoms with Gasteiger partial charge in [0.2, 0.25) is 15.9 Å². The van der Waals surface area contributed by atoms with Gasteiger partial charge in [-0.15, -0.1) is 11.8 Å². The number of ether oxygens (including phenoxy) is 1. The molecule has 0 radical (unpaired) electrons. The second-order valence-corrected chi connectivity index (χ2v) is 11.2. The van der Waals surface area contributed by atoms with E-state index in [4.69, 9.17) is 9.88 Å². The van der Waals surface area contributed by atoms with Crippen molar-refractivity contribution in [2.45, 2.75) is 22.4 Å². The zero-order valence-corrected chi connectivity index (χ0v) is 19.3. The highest BCUT2D eigenvalue weighted by Gasteiger charge is 2.44. The Bertz CT molecular complexity index is 1440. The first-order valence-electron chi connectivity index (χ1n) is 9.82. The third-order valence-electron chi connectivity index (χ3n) is 5.49. The second-order valence-electron chi connectivity index (χ2n) is 7.60. The molecule has 5 rings (SSSR count). The van der Waals surface area contributed by atoms with E-state index >= 15 is 0 Å². The van der Waals surface area contributed by atoms with Crippen LogP contribution in [0, 0.1) is 5.92 Å². The van der Waals surface area contributed by atoms with Gasteiger partial charge in [0, 0.05) is 27.8 Å². The number of nitrogens with zero attached hydrogens (tertiary/aromatic N) is 1. The molecule has 170 valence electrons. The molecule has 12 heteroatoms. The minimum Gasteiger partial charge on any atom is -0.426 e. The zero-order chi connectivity index (χ0) is 23.3. The lowest BCUT2D eigenvalue weighted by Crippen LogP contribution is -2.36. The van der Waals surface area contributed by atoms with Crippen molar-refractivity contribution in [2.75, 3.05) is 11.1 Å². The first kappa shape index (κ1) is 21.9.